The Morgan fingerprint density at radius 1 is 1.35 bits per heavy atom. The molecule has 1 rings (SSSR count). The van der Waals surface area contributed by atoms with Crippen molar-refractivity contribution < 1.29 is 13.5 Å². The smallest absolute Gasteiger partial charge is 0.240 e. The minimum absolute atomic E-state index is 0.157. The highest BCUT2D eigenvalue weighted by molar-refractivity contribution is 7.89. The molecule has 0 saturated carbocycles. The molecule has 0 aliphatic rings. The van der Waals surface area contributed by atoms with Gasteiger partial charge in [-0.2, -0.15) is 0 Å². The summed E-state index contributed by atoms with van der Waals surface area (Å²) >= 11 is 0. The maximum Gasteiger partial charge on any atom is 0.240 e. The van der Waals surface area contributed by atoms with Gasteiger partial charge in [0.15, 0.2) is 0 Å². The predicted molar refractivity (Wildman–Crippen MR) is 67.0 cm³/mol. The standard InChI is InChI=1S/C12H19NO3S/c1-10(2)6-7-13-17(15,16)12-5-3-4-11(8-12)9-14/h3-5,8,10,13-14H,6-7,9H2,1-2H3. The molecule has 0 radical (unpaired) electrons. The van der Waals surface area contributed by atoms with E-state index in [9.17, 15) is 8.42 Å². The van der Waals surface area contributed by atoms with Gasteiger partial charge in [0.2, 0.25) is 10.0 Å². The van der Waals surface area contributed by atoms with Gasteiger partial charge in [0, 0.05) is 6.54 Å². The van der Waals surface area contributed by atoms with Crippen LogP contribution in [-0.4, -0.2) is 20.1 Å². The van der Waals surface area contributed by atoms with Gasteiger partial charge >= 0.3 is 0 Å². The molecule has 0 bridgehead atoms. The van der Waals surface area contributed by atoms with Crippen molar-refractivity contribution in [3.05, 3.63) is 29.8 Å². The van der Waals surface area contributed by atoms with Gasteiger partial charge in [-0.05, 0) is 30.0 Å². The van der Waals surface area contributed by atoms with E-state index in [-0.39, 0.29) is 11.5 Å². The van der Waals surface area contributed by atoms with Crippen molar-refractivity contribution >= 4 is 10.0 Å². The molecule has 0 aliphatic heterocycles. The van der Waals surface area contributed by atoms with Crippen LogP contribution >= 0.6 is 0 Å². The van der Waals surface area contributed by atoms with E-state index < -0.39 is 10.0 Å². The average molecular weight is 257 g/mol. The lowest BCUT2D eigenvalue weighted by Crippen LogP contribution is -2.25. The third-order valence-corrected chi connectivity index (χ3v) is 3.86. The summed E-state index contributed by atoms with van der Waals surface area (Å²) in [7, 11) is -3.45. The molecule has 5 heteroatoms. The van der Waals surface area contributed by atoms with E-state index in [1.165, 1.54) is 12.1 Å². The zero-order valence-corrected chi connectivity index (χ0v) is 11.0. The van der Waals surface area contributed by atoms with Crippen molar-refractivity contribution in [2.75, 3.05) is 6.54 Å². The van der Waals surface area contributed by atoms with Gasteiger partial charge in [-0.3, -0.25) is 0 Å². The fraction of sp³-hybridized carbons (Fsp3) is 0.500. The second-order valence-electron chi connectivity index (χ2n) is 4.39. The number of hydrogen-bond acceptors (Lipinski definition) is 3. The summed E-state index contributed by atoms with van der Waals surface area (Å²) < 4.78 is 26.3. The normalized spacial score (nSPS) is 12.0. The van der Waals surface area contributed by atoms with Gasteiger partial charge in [0.25, 0.3) is 0 Å². The molecule has 0 atom stereocenters. The number of aliphatic hydroxyl groups is 1. The third-order valence-electron chi connectivity index (χ3n) is 2.41. The zero-order chi connectivity index (χ0) is 12.9. The molecular weight excluding hydrogens is 238 g/mol. The Morgan fingerprint density at radius 2 is 2.06 bits per heavy atom. The van der Waals surface area contributed by atoms with Crippen LogP contribution in [0.4, 0.5) is 0 Å². The van der Waals surface area contributed by atoms with Gasteiger partial charge in [-0.15, -0.1) is 0 Å². The highest BCUT2D eigenvalue weighted by atomic mass is 32.2. The van der Waals surface area contributed by atoms with Crippen molar-refractivity contribution in [1.82, 2.24) is 4.72 Å². The Bertz CT molecular complexity index is 455. The number of nitrogens with one attached hydrogen (secondary N) is 1. The summed E-state index contributed by atoms with van der Waals surface area (Å²) in [6.07, 6.45) is 0.804. The number of aliphatic hydroxyl groups excluding tert-OH is 1. The van der Waals surface area contributed by atoms with E-state index in [0.29, 0.717) is 18.0 Å². The summed E-state index contributed by atoms with van der Waals surface area (Å²) in [6, 6.07) is 6.32. The maximum absolute atomic E-state index is 11.9. The second-order valence-corrected chi connectivity index (χ2v) is 6.15. The van der Waals surface area contributed by atoms with Crippen molar-refractivity contribution in [3.63, 3.8) is 0 Å². The van der Waals surface area contributed by atoms with Gasteiger partial charge in [0.05, 0.1) is 11.5 Å². The van der Waals surface area contributed by atoms with E-state index in [1.807, 2.05) is 13.8 Å². The molecule has 2 N–H and O–H groups in total. The molecule has 0 spiro atoms. The Kier molecular flexibility index (Phi) is 5.11. The molecule has 0 aromatic heterocycles. The SMILES string of the molecule is CC(C)CCNS(=O)(=O)c1cccc(CO)c1. The molecule has 1 aromatic carbocycles. The first-order chi connectivity index (χ1) is 7.95. The number of rotatable bonds is 6. The van der Waals surface area contributed by atoms with E-state index in [1.54, 1.807) is 12.1 Å². The van der Waals surface area contributed by atoms with Crippen LogP contribution in [0, 0.1) is 5.92 Å². The Balaban J connectivity index is 2.75. The van der Waals surface area contributed by atoms with E-state index in [0.717, 1.165) is 6.42 Å². The van der Waals surface area contributed by atoms with E-state index in [2.05, 4.69) is 4.72 Å². The summed E-state index contributed by atoms with van der Waals surface area (Å²) in [6.45, 7) is 4.36. The van der Waals surface area contributed by atoms with Crippen LogP contribution < -0.4 is 4.72 Å². The first kappa shape index (κ1) is 14.2. The lowest BCUT2D eigenvalue weighted by molar-refractivity contribution is 0.281. The van der Waals surface area contributed by atoms with Crippen molar-refractivity contribution in [3.8, 4) is 0 Å². The predicted octanol–water partition coefficient (Wildman–Crippen LogP) is 1.50. The highest BCUT2D eigenvalue weighted by Crippen LogP contribution is 2.11. The number of benzene rings is 1. The first-order valence-electron chi connectivity index (χ1n) is 5.65. The van der Waals surface area contributed by atoms with Crippen LogP contribution in [0.2, 0.25) is 0 Å². The third kappa shape index (κ3) is 4.46. The Hall–Kier alpha value is -0.910. The summed E-state index contributed by atoms with van der Waals surface area (Å²) in [5.74, 6) is 0.460. The monoisotopic (exact) mass is 257 g/mol. The van der Waals surface area contributed by atoms with Crippen LogP contribution in [0.15, 0.2) is 29.2 Å². The molecule has 0 saturated heterocycles. The molecular formula is C12H19NO3S. The molecule has 0 aliphatic carbocycles. The minimum atomic E-state index is -3.45. The van der Waals surface area contributed by atoms with Crippen LogP contribution in [0.25, 0.3) is 0 Å². The van der Waals surface area contributed by atoms with Gasteiger partial charge in [-0.25, -0.2) is 13.1 Å². The van der Waals surface area contributed by atoms with E-state index >= 15 is 0 Å². The molecule has 0 amide bonds. The average Bonchev–Trinajstić information content (AvgIpc) is 2.28. The lowest BCUT2D eigenvalue weighted by atomic mass is 10.1. The largest absolute Gasteiger partial charge is 0.392 e. The molecule has 0 heterocycles. The Labute approximate surface area is 103 Å². The molecule has 17 heavy (non-hydrogen) atoms. The van der Waals surface area contributed by atoms with Gasteiger partial charge in [0.1, 0.15) is 0 Å². The zero-order valence-electron chi connectivity index (χ0n) is 10.2. The fourth-order valence-electron chi connectivity index (χ4n) is 1.38. The molecule has 0 fully saturated rings. The fourth-order valence-corrected chi connectivity index (χ4v) is 2.49. The minimum Gasteiger partial charge on any atom is -0.392 e. The van der Waals surface area contributed by atoms with E-state index in [4.69, 9.17) is 5.11 Å². The van der Waals surface area contributed by atoms with Crippen LogP contribution in [0.1, 0.15) is 25.8 Å². The summed E-state index contributed by atoms with van der Waals surface area (Å²) in [4.78, 5) is 0.202. The number of hydrogen-bond donors (Lipinski definition) is 2. The van der Waals surface area contributed by atoms with Crippen molar-refractivity contribution in [2.45, 2.75) is 31.8 Å². The van der Waals surface area contributed by atoms with Crippen LogP contribution in [-0.2, 0) is 16.6 Å². The van der Waals surface area contributed by atoms with Gasteiger partial charge < -0.3 is 5.11 Å². The van der Waals surface area contributed by atoms with Crippen molar-refractivity contribution in [2.24, 2.45) is 5.92 Å². The molecule has 96 valence electrons. The molecule has 4 nitrogen and oxygen atoms in total. The Morgan fingerprint density at radius 3 is 2.65 bits per heavy atom. The van der Waals surface area contributed by atoms with Crippen LogP contribution in [0.5, 0.6) is 0 Å². The van der Waals surface area contributed by atoms with Crippen molar-refractivity contribution in [1.29, 1.82) is 0 Å². The first-order valence-corrected chi connectivity index (χ1v) is 7.13. The summed E-state index contributed by atoms with van der Waals surface area (Å²) in [5.41, 5.74) is 0.594. The topological polar surface area (TPSA) is 66.4 Å². The molecule has 1 aromatic rings. The molecule has 0 unspecified atom stereocenters. The van der Waals surface area contributed by atoms with Crippen LogP contribution in [0.3, 0.4) is 0 Å². The maximum atomic E-state index is 11.9. The van der Waals surface area contributed by atoms with Gasteiger partial charge in [-0.1, -0.05) is 26.0 Å². The lowest BCUT2D eigenvalue weighted by Gasteiger charge is -2.09. The number of sulfonamides is 1. The quantitative estimate of drug-likeness (QED) is 0.811. The highest BCUT2D eigenvalue weighted by Gasteiger charge is 2.13. The summed E-state index contributed by atoms with van der Waals surface area (Å²) in [5, 5.41) is 8.96. The second kappa shape index (κ2) is 6.14.